The Morgan fingerprint density at radius 2 is 2.06 bits per heavy atom. The molecule has 16 heavy (non-hydrogen) atoms. The van der Waals surface area contributed by atoms with Gasteiger partial charge in [-0.1, -0.05) is 29.8 Å². The predicted molar refractivity (Wildman–Crippen MR) is 62.9 cm³/mol. The number of rotatable bonds is 5. The van der Waals surface area contributed by atoms with E-state index in [9.17, 15) is 4.79 Å². The first-order valence-electron chi connectivity index (χ1n) is 5.23. The molecule has 3 N–H and O–H groups in total. The largest absolute Gasteiger partial charge is 0.370 e. The minimum atomic E-state index is -0.564. The summed E-state index contributed by atoms with van der Waals surface area (Å²) in [5.41, 5.74) is 7.65. The number of amides is 1. The molecule has 0 spiro atoms. The highest BCUT2D eigenvalue weighted by atomic mass is 16.5. The summed E-state index contributed by atoms with van der Waals surface area (Å²) in [6, 6.07) is 8.00. The number of carbonyl (C=O) groups is 1. The van der Waals surface area contributed by atoms with Crippen molar-refractivity contribution in [1.82, 2.24) is 5.32 Å². The van der Waals surface area contributed by atoms with Crippen LogP contribution in [0.5, 0.6) is 0 Å². The van der Waals surface area contributed by atoms with Crippen molar-refractivity contribution in [3.05, 3.63) is 35.4 Å². The van der Waals surface area contributed by atoms with Crippen LogP contribution in [0.3, 0.4) is 0 Å². The van der Waals surface area contributed by atoms with Crippen molar-refractivity contribution in [2.75, 3.05) is 13.7 Å². The fourth-order valence-corrected chi connectivity index (χ4v) is 1.32. The van der Waals surface area contributed by atoms with Crippen LogP contribution in [0.15, 0.2) is 24.3 Å². The molecule has 0 aliphatic carbocycles. The van der Waals surface area contributed by atoms with Crippen molar-refractivity contribution in [2.24, 2.45) is 5.73 Å². The summed E-state index contributed by atoms with van der Waals surface area (Å²) in [6.07, 6.45) is -0.564. The Kier molecular flexibility index (Phi) is 4.95. The van der Waals surface area contributed by atoms with Crippen LogP contribution >= 0.6 is 0 Å². The summed E-state index contributed by atoms with van der Waals surface area (Å²) >= 11 is 0. The van der Waals surface area contributed by atoms with Gasteiger partial charge in [-0.25, -0.2) is 0 Å². The van der Waals surface area contributed by atoms with Gasteiger partial charge < -0.3 is 15.8 Å². The maximum atomic E-state index is 11.5. The summed E-state index contributed by atoms with van der Waals surface area (Å²) < 4.78 is 4.93. The molecule has 4 nitrogen and oxygen atoms in total. The molecule has 1 atom stereocenters. The van der Waals surface area contributed by atoms with E-state index in [0.29, 0.717) is 6.54 Å². The van der Waals surface area contributed by atoms with Crippen molar-refractivity contribution in [2.45, 2.75) is 19.6 Å². The van der Waals surface area contributed by atoms with E-state index in [1.54, 1.807) is 0 Å². The van der Waals surface area contributed by atoms with Gasteiger partial charge in [-0.15, -0.1) is 0 Å². The summed E-state index contributed by atoms with van der Waals surface area (Å²) in [4.78, 5) is 11.5. The van der Waals surface area contributed by atoms with E-state index in [0.717, 1.165) is 5.56 Å². The minimum absolute atomic E-state index is 0.175. The van der Waals surface area contributed by atoms with Gasteiger partial charge in [-0.3, -0.25) is 4.79 Å². The minimum Gasteiger partial charge on any atom is -0.370 e. The van der Waals surface area contributed by atoms with Gasteiger partial charge in [0.1, 0.15) is 6.10 Å². The standard InChI is InChI=1S/C12H18N2O2/c1-9-3-5-10(6-4-9)8-14-12(15)11(7-13)16-2/h3-6,11H,7-8,13H2,1-2H3,(H,14,15). The number of hydrogen-bond donors (Lipinski definition) is 2. The molecule has 0 aliphatic heterocycles. The van der Waals surface area contributed by atoms with Crippen LogP contribution in [0.25, 0.3) is 0 Å². The highest BCUT2D eigenvalue weighted by Gasteiger charge is 2.14. The number of nitrogens with one attached hydrogen (secondary N) is 1. The topological polar surface area (TPSA) is 64.3 Å². The van der Waals surface area contributed by atoms with Crippen molar-refractivity contribution >= 4 is 5.91 Å². The van der Waals surface area contributed by atoms with E-state index in [1.165, 1.54) is 12.7 Å². The molecule has 4 heteroatoms. The van der Waals surface area contributed by atoms with Gasteiger partial charge in [0.25, 0.3) is 5.91 Å². The molecule has 1 aromatic rings. The Labute approximate surface area is 95.8 Å². The lowest BCUT2D eigenvalue weighted by Gasteiger charge is -2.13. The van der Waals surface area contributed by atoms with Crippen molar-refractivity contribution in [1.29, 1.82) is 0 Å². The molecule has 0 saturated carbocycles. The number of aryl methyl sites for hydroxylation is 1. The van der Waals surface area contributed by atoms with Gasteiger partial charge >= 0.3 is 0 Å². The lowest BCUT2D eigenvalue weighted by molar-refractivity contribution is -0.130. The highest BCUT2D eigenvalue weighted by Crippen LogP contribution is 2.02. The van der Waals surface area contributed by atoms with Crippen LogP contribution in [0, 0.1) is 6.92 Å². The van der Waals surface area contributed by atoms with Gasteiger partial charge in [0, 0.05) is 20.2 Å². The third-order valence-electron chi connectivity index (χ3n) is 2.38. The van der Waals surface area contributed by atoms with E-state index in [4.69, 9.17) is 10.5 Å². The number of carbonyl (C=O) groups excluding carboxylic acids is 1. The van der Waals surface area contributed by atoms with Gasteiger partial charge in [0.05, 0.1) is 0 Å². The Balaban J connectivity index is 2.45. The smallest absolute Gasteiger partial charge is 0.250 e. The van der Waals surface area contributed by atoms with Crippen LogP contribution in [-0.4, -0.2) is 25.7 Å². The van der Waals surface area contributed by atoms with Crippen LogP contribution in [-0.2, 0) is 16.1 Å². The maximum absolute atomic E-state index is 11.5. The lowest BCUT2D eigenvalue weighted by Crippen LogP contribution is -2.40. The average molecular weight is 222 g/mol. The molecule has 0 aromatic heterocycles. The van der Waals surface area contributed by atoms with E-state index >= 15 is 0 Å². The van der Waals surface area contributed by atoms with E-state index in [-0.39, 0.29) is 12.5 Å². The zero-order valence-corrected chi connectivity index (χ0v) is 9.69. The molecule has 0 aliphatic rings. The van der Waals surface area contributed by atoms with E-state index < -0.39 is 6.10 Å². The first kappa shape index (κ1) is 12.7. The molecule has 0 bridgehead atoms. The number of ether oxygens (including phenoxy) is 1. The molecule has 1 rings (SSSR count). The third-order valence-corrected chi connectivity index (χ3v) is 2.38. The molecule has 0 fully saturated rings. The summed E-state index contributed by atoms with van der Waals surface area (Å²) in [5, 5.41) is 2.78. The lowest BCUT2D eigenvalue weighted by atomic mass is 10.1. The average Bonchev–Trinajstić information content (AvgIpc) is 2.30. The second-order valence-electron chi connectivity index (χ2n) is 3.66. The first-order chi connectivity index (χ1) is 7.67. The fourth-order valence-electron chi connectivity index (χ4n) is 1.32. The zero-order valence-electron chi connectivity index (χ0n) is 9.69. The second-order valence-corrected chi connectivity index (χ2v) is 3.66. The molecule has 1 amide bonds. The highest BCUT2D eigenvalue weighted by molar-refractivity contribution is 5.80. The third kappa shape index (κ3) is 3.64. The van der Waals surface area contributed by atoms with Crippen LogP contribution in [0.2, 0.25) is 0 Å². The Morgan fingerprint density at radius 1 is 1.44 bits per heavy atom. The van der Waals surface area contributed by atoms with Crippen LogP contribution < -0.4 is 11.1 Å². The maximum Gasteiger partial charge on any atom is 0.250 e. The summed E-state index contributed by atoms with van der Waals surface area (Å²) in [6.45, 7) is 2.72. The van der Waals surface area contributed by atoms with Gasteiger partial charge in [-0.2, -0.15) is 0 Å². The molecule has 1 aromatic carbocycles. The number of nitrogens with two attached hydrogens (primary N) is 1. The summed E-state index contributed by atoms with van der Waals surface area (Å²) in [7, 11) is 1.48. The number of benzene rings is 1. The van der Waals surface area contributed by atoms with Gasteiger partial charge in [0.2, 0.25) is 0 Å². The fraction of sp³-hybridized carbons (Fsp3) is 0.417. The molecule has 0 saturated heterocycles. The Morgan fingerprint density at radius 3 is 2.56 bits per heavy atom. The summed E-state index contributed by atoms with van der Waals surface area (Å²) in [5.74, 6) is -0.175. The SMILES string of the molecule is COC(CN)C(=O)NCc1ccc(C)cc1. The van der Waals surface area contributed by atoms with Crippen LogP contribution in [0.4, 0.5) is 0 Å². The normalized spacial score (nSPS) is 12.2. The Hall–Kier alpha value is -1.39. The van der Waals surface area contributed by atoms with Gasteiger partial charge in [-0.05, 0) is 12.5 Å². The molecule has 1 unspecified atom stereocenters. The van der Waals surface area contributed by atoms with Crippen molar-refractivity contribution < 1.29 is 9.53 Å². The molecule has 88 valence electrons. The van der Waals surface area contributed by atoms with Crippen LogP contribution in [0.1, 0.15) is 11.1 Å². The number of methoxy groups -OCH3 is 1. The molecule has 0 radical (unpaired) electrons. The number of hydrogen-bond acceptors (Lipinski definition) is 3. The molecular weight excluding hydrogens is 204 g/mol. The van der Waals surface area contributed by atoms with E-state index in [2.05, 4.69) is 5.32 Å². The van der Waals surface area contributed by atoms with Crippen molar-refractivity contribution in [3.63, 3.8) is 0 Å². The second kappa shape index (κ2) is 6.25. The molecule has 0 heterocycles. The zero-order chi connectivity index (χ0) is 12.0. The molecular formula is C12H18N2O2. The predicted octanol–water partition coefficient (Wildman–Crippen LogP) is 0.585. The van der Waals surface area contributed by atoms with Gasteiger partial charge in [0.15, 0.2) is 0 Å². The first-order valence-corrected chi connectivity index (χ1v) is 5.23. The van der Waals surface area contributed by atoms with E-state index in [1.807, 2.05) is 31.2 Å². The monoisotopic (exact) mass is 222 g/mol. The van der Waals surface area contributed by atoms with Crippen molar-refractivity contribution in [3.8, 4) is 0 Å². The Bertz CT molecular complexity index is 331. The quantitative estimate of drug-likeness (QED) is 0.766.